The van der Waals surface area contributed by atoms with Gasteiger partial charge in [-0.05, 0) is 38.0 Å². The summed E-state index contributed by atoms with van der Waals surface area (Å²) >= 11 is 0. The molecule has 0 atom stereocenters. The van der Waals surface area contributed by atoms with Crippen molar-refractivity contribution in [1.29, 1.82) is 0 Å². The zero-order valence-corrected chi connectivity index (χ0v) is 15.9. The number of nitrogens with zero attached hydrogens (tertiary/aromatic N) is 5. The summed E-state index contributed by atoms with van der Waals surface area (Å²) in [4.78, 5) is 28.4. The highest BCUT2D eigenvalue weighted by Crippen LogP contribution is 2.35. The molecule has 0 bridgehead atoms. The fourth-order valence-corrected chi connectivity index (χ4v) is 3.67. The van der Waals surface area contributed by atoms with Crippen LogP contribution >= 0.6 is 0 Å². The van der Waals surface area contributed by atoms with E-state index in [1.54, 1.807) is 6.20 Å². The number of piperazine rings is 1. The highest BCUT2D eigenvalue weighted by Gasteiger charge is 2.27. The van der Waals surface area contributed by atoms with Gasteiger partial charge >= 0.3 is 0 Å². The smallest absolute Gasteiger partial charge is 0.255 e. The molecule has 0 amide bonds. The van der Waals surface area contributed by atoms with E-state index in [9.17, 15) is 4.79 Å². The average molecular weight is 377 g/mol. The molecule has 2 N–H and O–H groups in total. The molecule has 3 aromatic heterocycles. The molecule has 28 heavy (non-hydrogen) atoms. The molecular weight excluding hydrogens is 354 g/mol. The molecule has 2 fully saturated rings. The van der Waals surface area contributed by atoms with E-state index < -0.39 is 0 Å². The fourth-order valence-electron chi connectivity index (χ4n) is 3.67. The van der Waals surface area contributed by atoms with Crippen molar-refractivity contribution in [3.63, 3.8) is 0 Å². The summed E-state index contributed by atoms with van der Waals surface area (Å²) in [7, 11) is 0. The van der Waals surface area contributed by atoms with E-state index in [-0.39, 0.29) is 11.6 Å². The van der Waals surface area contributed by atoms with Crippen molar-refractivity contribution in [3.05, 3.63) is 46.5 Å². The van der Waals surface area contributed by atoms with Gasteiger partial charge in [0.1, 0.15) is 11.5 Å². The Kier molecular flexibility index (Phi) is 4.20. The van der Waals surface area contributed by atoms with Gasteiger partial charge in [0.15, 0.2) is 0 Å². The Labute approximate surface area is 162 Å². The standard InChI is InChI=1S/C20H23N7O/c1-13-10-14-11-23-20(25-18(14)27(19(13)28)15-2-3-15)24-17-5-4-16(12-22-17)26-8-6-21-7-9-26/h4-5,10-12,15,21H,2-3,6-9H2,1H3,(H,22,23,24,25). The zero-order valence-electron chi connectivity index (χ0n) is 15.9. The number of pyridine rings is 2. The SMILES string of the molecule is Cc1cc2cnc(Nc3ccc(N4CCNCC4)cn3)nc2n(C2CC2)c1=O. The van der Waals surface area contributed by atoms with Gasteiger partial charge in [-0.3, -0.25) is 9.36 Å². The van der Waals surface area contributed by atoms with Gasteiger partial charge in [-0.25, -0.2) is 9.97 Å². The van der Waals surface area contributed by atoms with Gasteiger partial charge < -0.3 is 15.5 Å². The molecule has 0 radical (unpaired) electrons. The van der Waals surface area contributed by atoms with E-state index in [2.05, 4.69) is 36.6 Å². The van der Waals surface area contributed by atoms with Gasteiger partial charge in [-0.1, -0.05) is 0 Å². The van der Waals surface area contributed by atoms with Crippen molar-refractivity contribution in [2.45, 2.75) is 25.8 Å². The first kappa shape index (κ1) is 17.1. The fraction of sp³-hybridized carbons (Fsp3) is 0.400. The molecule has 0 spiro atoms. The van der Waals surface area contributed by atoms with Crippen LogP contribution in [0.5, 0.6) is 0 Å². The van der Waals surface area contributed by atoms with Crippen LogP contribution in [0.4, 0.5) is 17.5 Å². The molecule has 1 saturated heterocycles. The molecule has 1 aliphatic carbocycles. The molecule has 4 heterocycles. The maximum absolute atomic E-state index is 12.6. The third-order valence-electron chi connectivity index (χ3n) is 5.33. The van der Waals surface area contributed by atoms with E-state index >= 15 is 0 Å². The van der Waals surface area contributed by atoms with Crippen LogP contribution in [0.15, 0.2) is 35.4 Å². The minimum absolute atomic E-state index is 0.0400. The van der Waals surface area contributed by atoms with Crippen LogP contribution in [0.25, 0.3) is 11.0 Å². The summed E-state index contributed by atoms with van der Waals surface area (Å²) in [6.07, 6.45) is 5.70. The number of fused-ring (bicyclic) bond motifs is 1. The molecule has 8 heteroatoms. The summed E-state index contributed by atoms with van der Waals surface area (Å²) in [6, 6.07) is 6.12. The van der Waals surface area contributed by atoms with Crippen LogP contribution in [-0.2, 0) is 0 Å². The summed E-state index contributed by atoms with van der Waals surface area (Å²) < 4.78 is 1.82. The van der Waals surface area contributed by atoms with Crippen molar-refractivity contribution in [2.24, 2.45) is 0 Å². The van der Waals surface area contributed by atoms with E-state index in [1.807, 2.05) is 29.8 Å². The molecular formula is C20H23N7O. The molecule has 5 rings (SSSR count). The summed E-state index contributed by atoms with van der Waals surface area (Å²) in [5.74, 6) is 1.14. The first-order valence-corrected chi connectivity index (χ1v) is 9.77. The van der Waals surface area contributed by atoms with Crippen molar-refractivity contribution in [2.75, 3.05) is 36.4 Å². The molecule has 144 valence electrons. The lowest BCUT2D eigenvalue weighted by atomic mass is 10.2. The quantitative estimate of drug-likeness (QED) is 0.719. The van der Waals surface area contributed by atoms with E-state index in [4.69, 9.17) is 0 Å². The number of hydrogen-bond donors (Lipinski definition) is 2. The number of nitrogens with one attached hydrogen (secondary N) is 2. The van der Waals surface area contributed by atoms with Gasteiger partial charge in [-0.2, -0.15) is 4.98 Å². The highest BCUT2D eigenvalue weighted by molar-refractivity contribution is 5.76. The van der Waals surface area contributed by atoms with E-state index in [0.29, 0.717) is 17.4 Å². The molecule has 2 aliphatic rings. The lowest BCUT2D eigenvalue weighted by Gasteiger charge is -2.29. The third-order valence-corrected chi connectivity index (χ3v) is 5.33. The van der Waals surface area contributed by atoms with Crippen molar-refractivity contribution in [1.82, 2.24) is 24.8 Å². The topological polar surface area (TPSA) is 88.0 Å². The molecule has 0 aromatic carbocycles. The van der Waals surface area contributed by atoms with E-state index in [1.165, 1.54) is 0 Å². The average Bonchev–Trinajstić information content (AvgIpc) is 3.56. The lowest BCUT2D eigenvalue weighted by molar-refractivity contribution is 0.589. The maximum atomic E-state index is 12.6. The van der Waals surface area contributed by atoms with Crippen molar-refractivity contribution in [3.8, 4) is 0 Å². The minimum Gasteiger partial charge on any atom is -0.368 e. The number of anilines is 3. The van der Waals surface area contributed by atoms with Crippen LogP contribution in [0.1, 0.15) is 24.4 Å². The Hall–Kier alpha value is -3.00. The van der Waals surface area contributed by atoms with Gasteiger partial charge in [0.05, 0.1) is 11.9 Å². The molecule has 8 nitrogen and oxygen atoms in total. The lowest BCUT2D eigenvalue weighted by Crippen LogP contribution is -2.43. The van der Waals surface area contributed by atoms with Crippen LogP contribution in [-0.4, -0.2) is 45.7 Å². The van der Waals surface area contributed by atoms with Crippen molar-refractivity contribution >= 4 is 28.5 Å². The third kappa shape index (κ3) is 3.20. The van der Waals surface area contributed by atoms with Gasteiger partial charge in [-0.15, -0.1) is 0 Å². The first-order valence-electron chi connectivity index (χ1n) is 9.77. The number of hydrogen-bond acceptors (Lipinski definition) is 7. The van der Waals surface area contributed by atoms with Gasteiger partial charge in [0.2, 0.25) is 5.95 Å². The second kappa shape index (κ2) is 6.87. The summed E-state index contributed by atoms with van der Waals surface area (Å²) in [6.45, 7) is 5.80. The minimum atomic E-state index is 0.0400. The largest absolute Gasteiger partial charge is 0.368 e. The van der Waals surface area contributed by atoms with Gasteiger partial charge in [0, 0.05) is 49.4 Å². The van der Waals surface area contributed by atoms with Gasteiger partial charge in [0.25, 0.3) is 5.56 Å². The van der Waals surface area contributed by atoms with Crippen LogP contribution in [0.2, 0.25) is 0 Å². The molecule has 1 aliphatic heterocycles. The van der Waals surface area contributed by atoms with E-state index in [0.717, 1.165) is 55.7 Å². The maximum Gasteiger partial charge on any atom is 0.255 e. The second-order valence-electron chi connectivity index (χ2n) is 7.47. The number of aryl methyl sites for hydroxylation is 1. The molecule has 0 unspecified atom stereocenters. The second-order valence-corrected chi connectivity index (χ2v) is 7.47. The monoisotopic (exact) mass is 377 g/mol. The Morgan fingerprint density at radius 2 is 1.96 bits per heavy atom. The Balaban J connectivity index is 1.43. The normalized spacial score (nSPS) is 17.1. The summed E-state index contributed by atoms with van der Waals surface area (Å²) in [5.41, 5.74) is 2.57. The van der Waals surface area contributed by atoms with Crippen LogP contribution in [0, 0.1) is 6.92 Å². The highest BCUT2D eigenvalue weighted by atomic mass is 16.1. The van der Waals surface area contributed by atoms with Crippen molar-refractivity contribution < 1.29 is 0 Å². The predicted octanol–water partition coefficient (Wildman–Crippen LogP) is 1.98. The summed E-state index contributed by atoms with van der Waals surface area (Å²) in [5, 5.41) is 7.41. The number of rotatable bonds is 4. The van der Waals surface area contributed by atoms with Crippen LogP contribution < -0.4 is 21.1 Å². The number of aromatic nitrogens is 4. The predicted molar refractivity (Wildman–Crippen MR) is 109 cm³/mol. The Morgan fingerprint density at radius 1 is 1.14 bits per heavy atom. The molecule has 1 saturated carbocycles. The Bertz CT molecular complexity index is 1070. The zero-order chi connectivity index (χ0) is 19.1. The molecule has 3 aromatic rings. The first-order chi connectivity index (χ1) is 13.7. The van der Waals surface area contributed by atoms with Crippen LogP contribution in [0.3, 0.4) is 0 Å². The Morgan fingerprint density at radius 3 is 2.68 bits per heavy atom.